The first-order chi connectivity index (χ1) is 13.7. The highest BCUT2D eigenvalue weighted by atomic mass is 16.5. The molecule has 0 bridgehead atoms. The lowest BCUT2D eigenvalue weighted by Gasteiger charge is -2.33. The van der Waals surface area contributed by atoms with Crippen LogP contribution >= 0.6 is 0 Å². The van der Waals surface area contributed by atoms with Gasteiger partial charge in [-0.1, -0.05) is 12.1 Å². The summed E-state index contributed by atoms with van der Waals surface area (Å²) in [5, 5.41) is 3.17. The molecule has 0 saturated carbocycles. The number of aromatic nitrogens is 2. The number of nitrogens with one attached hydrogen (secondary N) is 1. The maximum absolute atomic E-state index is 12.5. The topological polar surface area (TPSA) is 76.6 Å². The molecule has 3 heterocycles. The fourth-order valence-electron chi connectivity index (χ4n) is 3.80. The zero-order chi connectivity index (χ0) is 19.3. The highest BCUT2D eigenvalue weighted by Gasteiger charge is 2.24. The zero-order valence-electron chi connectivity index (χ0n) is 16.2. The number of fused-ring (bicyclic) bond motifs is 1. The number of anilines is 1. The standard InChI is InChI=1S/C21H26N4O3/c1-27-18-6-2-4-15(10-18)11-20(26)23-17-5-3-8-25(13-17)21-22-12-16-14-28-9-7-19(16)24-21/h2,4,6,10,12,17H,3,5,7-9,11,13-14H2,1H3,(H,23,26)/t17-/m0/s1. The lowest BCUT2D eigenvalue weighted by atomic mass is 10.0. The lowest BCUT2D eigenvalue weighted by Crippen LogP contribution is -2.48. The molecular formula is C21H26N4O3. The first kappa shape index (κ1) is 18.7. The van der Waals surface area contributed by atoms with Gasteiger partial charge in [0.05, 0.1) is 32.4 Å². The summed E-state index contributed by atoms with van der Waals surface area (Å²) in [5.74, 6) is 1.56. The molecule has 0 radical (unpaired) electrons. The van der Waals surface area contributed by atoms with Crippen LogP contribution in [0.1, 0.15) is 29.7 Å². The van der Waals surface area contributed by atoms with Crippen molar-refractivity contribution < 1.29 is 14.3 Å². The molecule has 7 nitrogen and oxygen atoms in total. The van der Waals surface area contributed by atoms with Gasteiger partial charge in [0.1, 0.15) is 5.75 Å². The van der Waals surface area contributed by atoms with E-state index >= 15 is 0 Å². The van der Waals surface area contributed by atoms with E-state index in [2.05, 4.69) is 15.2 Å². The van der Waals surface area contributed by atoms with Crippen molar-refractivity contribution in [3.05, 3.63) is 47.3 Å². The molecule has 148 valence electrons. The summed E-state index contributed by atoms with van der Waals surface area (Å²) in [6, 6.07) is 7.74. The number of benzene rings is 1. The van der Waals surface area contributed by atoms with Crippen molar-refractivity contribution in [2.75, 3.05) is 31.7 Å². The molecule has 1 fully saturated rings. The molecule has 1 atom stereocenters. The van der Waals surface area contributed by atoms with E-state index in [-0.39, 0.29) is 11.9 Å². The van der Waals surface area contributed by atoms with Gasteiger partial charge >= 0.3 is 0 Å². The number of hydrogen-bond acceptors (Lipinski definition) is 6. The summed E-state index contributed by atoms with van der Waals surface area (Å²) < 4.78 is 10.7. The Morgan fingerprint density at radius 3 is 3.25 bits per heavy atom. The van der Waals surface area contributed by atoms with Crippen LogP contribution in [-0.4, -0.2) is 48.7 Å². The van der Waals surface area contributed by atoms with Gasteiger partial charge in [-0.05, 0) is 30.5 Å². The Bertz CT molecular complexity index is 842. The number of carbonyl (C=O) groups is 1. The molecule has 4 rings (SSSR count). The Balaban J connectivity index is 1.36. The summed E-state index contributed by atoms with van der Waals surface area (Å²) in [7, 11) is 1.63. The first-order valence-corrected chi connectivity index (χ1v) is 9.81. The number of methoxy groups -OCH3 is 1. The van der Waals surface area contributed by atoms with Crippen molar-refractivity contribution in [1.29, 1.82) is 0 Å². The molecule has 2 aliphatic rings. The van der Waals surface area contributed by atoms with E-state index in [1.807, 2.05) is 30.5 Å². The Morgan fingerprint density at radius 2 is 2.36 bits per heavy atom. The number of hydrogen-bond donors (Lipinski definition) is 1. The van der Waals surface area contributed by atoms with Crippen LogP contribution in [0.4, 0.5) is 5.95 Å². The number of ether oxygens (including phenoxy) is 2. The number of rotatable bonds is 5. The Morgan fingerprint density at radius 1 is 1.43 bits per heavy atom. The van der Waals surface area contributed by atoms with Crippen molar-refractivity contribution >= 4 is 11.9 Å². The molecule has 0 unspecified atom stereocenters. The van der Waals surface area contributed by atoms with Crippen molar-refractivity contribution in [2.24, 2.45) is 0 Å². The second kappa shape index (κ2) is 8.56. The molecule has 28 heavy (non-hydrogen) atoms. The molecule has 2 aromatic rings. The van der Waals surface area contributed by atoms with Gasteiger partial charge in [0, 0.05) is 37.3 Å². The van der Waals surface area contributed by atoms with E-state index in [9.17, 15) is 4.79 Å². The second-order valence-corrected chi connectivity index (χ2v) is 7.33. The predicted octanol–water partition coefficient (Wildman–Crippen LogP) is 1.89. The van der Waals surface area contributed by atoms with Crippen molar-refractivity contribution in [3.8, 4) is 5.75 Å². The summed E-state index contributed by atoms with van der Waals surface area (Å²) >= 11 is 0. The zero-order valence-corrected chi connectivity index (χ0v) is 16.2. The average molecular weight is 382 g/mol. The van der Waals surface area contributed by atoms with E-state index < -0.39 is 0 Å². The molecule has 1 aromatic carbocycles. The SMILES string of the molecule is COc1cccc(CC(=O)N[C@H]2CCCN(c3ncc4c(n3)CCOC4)C2)c1. The predicted molar refractivity (Wildman–Crippen MR) is 105 cm³/mol. The van der Waals surface area contributed by atoms with E-state index in [0.29, 0.717) is 19.6 Å². The highest BCUT2D eigenvalue weighted by Crippen LogP contribution is 2.20. The molecule has 0 spiro atoms. The van der Waals surface area contributed by atoms with Gasteiger partial charge in [0.2, 0.25) is 11.9 Å². The molecule has 1 amide bonds. The van der Waals surface area contributed by atoms with Crippen LogP contribution < -0.4 is 15.0 Å². The summed E-state index contributed by atoms with van der Waals surface area (Å²) in [6.45, 7) is 2.96. The van der Waals surface area contributed by atoms with Crippen LogP contribution in [0.15, 0.2) is 30.5 Å². The summed E-state index contributed by atoms with van der Waals surface area (Å²) in [4.78, 5) is 23.9. The quantitative estimate of drug-likeness (QED) is 0.851. The summed E-state index contributed by atoms with van der Waals surface area (Å²) in [5.41, 5.74) is 3.11. The molecule has 2 aliphatic heterocycles. The lowest BCUT2D eigenvalue weighted by molar-refractivity contribution is -0.121. The Labute approximate surface area is 165 Å². The van der Waals surface area contributed by atoms with Gasteiger partial charge in [-0.15, -0.1) is 0 Å². The third-order valence-electron chi connectivity index (χ3n) is 5.25. The molecule has 1 saturated heterocycles. The maximum atomic E-state index is 12.5. The fraction of sp³-hybridized carbons (Fsp3) is 0.476. The van der Waals surface area contributed by atoms with Crippen LogP contribution in [0.3, 0.4) is 0 Å². The molecule has 0 aliphatic carbocycles. The van der Waals surface area contributed by atoms with Crippen LogP contribution in [0.5, 0.6) is 5.75 Å². The number of piperidine rings is 1. The van der Waals surface area contributed by atoms with Gasteiger partial charge < -0.3 is 19.7 Å². The number of carbonyl (C=O) groups excluding carboxylic acids is 1. The number of amides is 1. The van der Waals surface area contributed by atoms with Crippen LogP contribution in [-0.2, 0) is 29.0 Å². The van der Waals surface area contributed by atoms with E-state index in [0.717, 1.165) is 60.9 Å². The third kappa shape index (κ3) is 4.42. The minimum Gasteiger partial charge on any atom is -0.497 e. The summed E-state index contributed by atoms with van der Waals surface area (Å²) in [6.07, 6.45) is 5.04. The largest absolute Gasteiger partial charge is 0.497 e. The minimum absolute atomic E-state index is 0.0311. The molecule has 1 aromatic heterocycles. The monoisotopic (exact) mass is 382 g/mol. The first-order valence-electron chi connectivity index (χ1n) is 9.81. The average Bonchev–Trinajstić information content (AvgIpc) is 2.73. The van der Waals surface area contributed by atoms with E-state index in [1.54, 1.807) is 7.11 Å². The van der Waals surface area contributed by atoms with E-state index in [4.69, 9.17) is 14.5 Å². The van der Waals surface area contributed by atoms with Gasteiger partial charge in [-0.3, -0.25) is 4.79 Å². The minimum atomic E-state index is 0.0311. The van der Waals surface area contributed by atoms with Crippen LogP contribution in [0.25, 0.3) is 0 Å². The van der Waals surface area contributed by atoms with Crippen molar-refractivity contribution in [1.82, 2.24) is 15.3 Å². The molecule has 1 N–H and O–H groups in total. The maximum Gasteiger partial charge on any atom is 0.225 e. The van der Waals surface area contributed by atoms with Gasteiger partial charge in [0.15, 0.2) is 0 Å². The molecular weight excluding hydrogens is 356 g/mol. The van der Waals surface area contributed by atoms with Crippen LogP contribution in [0.2, 0.25) is 0 Å². The highest BCUT2D eigenvalue weighted by molar-refractivity contribution is 5.79. The van der Waals surface area contributed by atoms with Gasteiger partial charge in [-0.25, -0.2) is 9.97 Å². The Hall–Kier alpha value is -2.67. The van der Waals surface area contributed by atoms with Gasteiger partial charge in [0.25, 0.3) is 0 Å². The molecule has 7 heteroatoms. The third-order valence-corrected chi connectivity index (χ3v) is 5.25. The second-order valence-electron chi connectivity index (χ2n) is 7.33. The smallest absolute Gasteiger partial charge is 0.225 e. The Kier molecular flexibility index (Phi) is 5.71. The van der Waals surface area contributed by atoms with Crippen molar-refractivity contribution in [3.63, 3.8) is 0 Å². The van der Waals surface area contributed by atoms with E-state index in [1.165, 1.54) is 0 Å². The number of nitrogens with zero attached hydrogens (tertiary/aromatic N) is 3. The fourth-order valence-corrected chi connectivity index (χ4v) is 3.80. The normalized spacial score (nSPS) is 19.0. The van der Waals surface area contributed by atoms with Crippen molar-refractivity contribution in [2.45, 2.75) is 38.3 Å². The van der Waals surface area contributed by atoms with Gasteiger partial charge in [-0.2, -0.15) is 0 Å². The van der Waals surface area contributed by atoms with Crippen LogP contribution in [0, 0.1) is 0 Å².